The van der Waals surface area contributed by atoms with E-state index < -0.39 is 10.0 Å². The van der Waals surface area contributed by atoms with Gasteiger partial charge >= 0.3 is 0 Å². The SMILES string of the molecule is N#CCCNS(=O)(=O)c1ccc(C(=O)NCc2cccc(C#N)c2)cc1. The molecule has 8 heteroatoms. The van der Waals surface area contributed by atoms with Gasteiger partial charge in [0.05, 0.1) is 22.6 Å². The number of hydrogen-bond donors (Lipinski definition) is 2. The number of carbonyl (C=O) groups is 1. The van der Waals surface area contributed by atoms with Gasteiger partial charge in [0, 0.05) is 25.1 Å². The molecule has 0 saturated heterocycles. The molecule has 0 atom stereocenters. The molecule has 2 rings (SSSR count). The van der Waals surface area contributed by atoms with Crippen LogP contribution in [0.25, 0.3) is 0 Å². The van der Waals surface area contributed by atoms with Crippen molar-refractivity contribution in [3.8, 4) is 12.1 Å². The maximum Gasteiger partial charge on any atom is 0.251 e. The molecule has 26 heavy (non-hydrogen) atoms. The molecule has 132 valence electrons. The van der Waals surface area contributed by atoms with Gasteiger partial charge in [-0.3, -0.25) is 4.79 Å². The molecule has 0 saturated carbocycles. The normalized spacial score (nSPS) is 10.5. The van der Waals surface area contributed by atoms with Crippen molar-refractivity contribution in [2.45, 2.75) is 17.9 Å². The first kappa shape index (κ1) is 19.1. The molecular formula is C18H16N4O3S. The summed E-state index contributed by atoms with van der Waals surface area (Å²) in [7, 11) is -3.70. The molecule has 2 N–H and O–H groups in total. The molecule has 0 aliphatic heterocycles. The van der Waals surface area contributed by atoms with Gasteiger partial charge in [0.25, 0.3) is 5.91 Å². The van der Waals surface area contributed by atoms with Gasteiger partial charge in [0.15, 0.2) is 0 Å². The van der Waals surface area contributed by atoms with Gasteiger partial charge < -0.3 is 5.32 Å². The number of carbonyl (C=O) groups excluding carboxylic acids is 1. The molecule has 2 aromatic rings. The molecule has 0 unspecified atom stereocenters. The second-order valence-corrected chi connectivity index (χ2v) is 7.09. The molecule has 1 amide bonds. The van der Waals surface area contributed by atoms with Gasteiger partial charge in [-0.15, -0.1) is 0 Å². The molecule has 0 aliphatic carbocycles. The molecule has 7 nitrogen and oxygen atoms in total. The minimum Gasteiger partial charge on any atom is -0.348 e. The van der Waals surface area contributed by atoms with Gasteiger partial charge in [-0.25, -0.2) is 13.1 Å². The molecule has 0 heterocycles. The van der Waals surface area contributed by atoms with E-state index in [0.29, 0.717) is 11.1 Å². The Morgan fingerprint density at radius 3 is 2.46 bits per heavy atom. The Morgan fingerprint density at radius 2 is 1.81 bits per heavy atom. The molecule has 0 bridgehead atoms. The van der Waals surface area contributed by atoms with Crippen molar-refractivity contribution in [3.63, 3.8) is 0 Å². The molecule has 0 fully saturated rings. The lowest BCUT2D eigenvalue weighted by molar-refractivity contribution is 0.0951. The summed E-state index contributed by atoms with van der Waals surface area (Å²) in [6.45, 7) is 0.285. The number of hydrogen-bond acceptors (Lipinski definition) is 5. The molecule has 0 radical (unpaired) electrons. The van der Waals surface area contributed by atoms with E-state index in [1.54, 1.807) is 24.3 Å². The fourth-order valence-corrected chi connectivity index (χ4v) is 3.18. The smallest absolute Gasteiger partial charge is 0.251 e. The first-order valence-electron chi connectivity index (χ1n) is 7.70. The monoisotopic (exact) mass is 368 g/mol. The maximum atomic E-state index is 12.2. The summed E-state index contributed by atoms with van der Waals surface area (Å²) in [5.74, 6) is -0.353. The fourth-order valence-electron chi connectivity index (χ4n) is 2.15. The summed E-state index contributed by atoms with van der Waals surface area (Å²) >= 11 is 0. The third-order valence-corrected chi connectivity index (χ3v) is 4.94. The molecule has 2 aromatic carbocycles. The van der Waals surface area contributed by atoms with Crippen molar-refractivity contribution in [3.05, 3.63) is 65.2 Å². The van der Waals surface area contributed by atoms with Crippen molar-refractivity contribution >= 4 is 15.9 Å². The Hall–Kier alpha value is -3.20. The minimum absolute atomic E-state index is 0.0220. The van der Waals surface area contributed by atoms with Gasteiger partial charge in [-0.05, 0) is 42.0 Å². The van der Waals surface area contributed by atoms with Gasteiger partial charge in [-0.2, -0.15) is 10.5 Å². The van der Waals surface area contributed by atoms with Gasteiger partial charge in [0.2, 0.25) is 10.0 Å². The lowest BCUT2D eigenvalue weighted by Gasteiger charge is -2.08. The molecule has 0 spiro atoms. The second kappa shape index (κ2) is 8.77. The average Bonchev–Trinajstić information content (AvgIpc) is 2.66. The van der Waals surface area contributed by atoms with E-state index in [4.69, 9.17) is 10.5 Å². The second-order valence-electron chi connectivity index (χ2n) is 5.33. The van der Waals surface area contributed by atoms with Crippen molar-refractivity contribution in [1.82, 2.24) is 10.0 Å². The predicted octanol–water partition coefficient (Wildman–Crippen LogP) is 1.68. The van der Waals surface area contributed by atoms with Crippen molar-refractivity contribution < 1.29 is 13.2 Å². The van der Waals surface area contributed by atoms with Crippen LogP contribution in [0.1, 0.15) is 27.9 Å². The average molecular weight is 368 g/mol. The predicted molar refractivity (Wildman–Crippen MR) is 94.2 cm³/mol. The highest BCUT2D eigenvalue weighted by Crippen LogP contribution is 2.11. The van der Waals surface area contributed by atoms with E-state index in [9.17, 15) is 13.2 Å². The third kappa shape index (κ3) is 5.15. The van der Waals surface area contributed by atoms with E-state index in [0.717, 1.165) is 5.56 Å². The summed E-state index contributed by atoms with van der Waals surface area (Å²) in [6.07, 6.45) is 0.0761. The van der Waals surface area contributed by atoms with Crippen LogP contribution in [-0.4, -0.2) is 20.9 Å². The van der Waals surface area contributed by atoms with Gasteiger partial charge in [-0.1, -0.05) is 12.1 Å². The van der Waals surface area contributed by atoms with E-state index >= 15 is 0 Å². The Kier molecular flexibility index (Phi) is 6.45. The lowest BCUT2D eigenvalue weighted by atomic mass is 10.1. The van der Waals surface area contributed by atoms with Crippen LogP contribution in [0.2, 0.25) is 0 Å². The van der Waals surface area contributed by atoms with Crippen LogP contribution in [0.15, 0.2) is 53.4 Å². The third-order valence-electron chi connectivity index (χ3n) is 3.46. The van der Waals surface area contributed by atoms with E-state index in [1.807, 2.05) is 12.1 Å². The number of nitriles is 2. The standard InChI is InChI=1S/C18H16N4O3S/c19-9-2-10-22-26(24,25)17-7-5-16(6-8-17)18(23)21-13-15-4-1-3-14(11-15)12-20/h1,3-8,11,22H,2,10,13H2,(H,21,23). The summed E-state index contributed by atoms with van der Waals surface area (Å²) in [4.78, 5) is 12.2. The van der Waals surface area contributed by atoms with Crippen LogP contribution in [0.3, 0.4) is 0 Å². The van der Waals surface area contributed by atoms with Crippen LogP contribution in [0.5, 0.6) is 0 Å². The lowest BCUT2D eigenvalue weighted by Crippen LogP contribution is -2.25. The van der Waals surface area contributed by atoms with Crippen LogP contribution in [-0.2, 0) is 16.6 Å². The van der Waals surface area contributed by atoms with Crippen molar-refractivity contribution in [2.24, 2.45) is 0 Å². The van der Waals surface area contributed by atoms with E-state index in [2.05, 4.69) is 10.0 Å². The zero-order valence-corrected chi connectivity index (χ0v) is 14.6. The first-order valence-corrected chi connectivity index (χ1v) is 9.18. The minimum atomic E-state index is -3.70. The quantitative estimate of drug-likeness (QED) is 0.720. The highest BCUT2D eigenvalue weighted by Gasteiger charge is 2.14. The zero-order valence-electron chi connectivity index (χ0n) is 13.8. The Bertz CT molecular complexity index is 971. The van der Waals surface area contributed by atoms with Gasteiger partial charge in [0.1, 0.15) is 0 Å². The van der Waals surface area contributed by atoms with Crippen molar-refractivity contribution in [2.75, 3.05) is 6.54 Å². The highest BCUT2D eigenvalue weighted by molar-refractivity contribution is 7.89. The largest absolute Gasteiger partial charge is 0.348 e. The molecule has 0 aromatic heterocycles. The summed E-state index contributed by atoms with van der Waals surface area (Å²) < 4.78 is 26.3. The highest BCUT2D eigenvalue weighted by atomic mass is 32.2. The van der Waals surface area contributed by atoms with E-state index in [-0.39, 0.29) is 30.3 Å². The zero-order chi connectivity index (χ0) is 19.0. The first-order chi connectivity index (χ1) is 12.5. The number of nitrogens with zero attached hydrogens (tertiary/aromatic N) is 2. The summed E-state index contributed by atoms with van der Waals surface area (Å²) in [6, 6.07) is 16.3. The number of rotatable bonds is 7. The Labute approximate surface area is 151 Å². The van der Waals surface area contributed by atoms with Crippen LogP contribution >= 0.6 is 0 Å². The summed E-state index contributed by atoms with van der Waals surface area (Å²) in [5, 5.41) is 20.0. The van der Waals surface area contributed by atoms with Crippen LogP contribution in [0.4, 0.5) is 0 Å². The number of nitrogens with one attached hydrogen (secondary N) is 2. The fraction of sp³-hybridized carbons (Fsp3) is 0.167. The van der Waals surface area contributed by atoms with Crippen LogP contribution in [0, 0.1) is 22.7 Å². The number of amides is 1. The Morgan fingerprint density at radius 1 is 1.08 bits per heavy atom. The topological polar surface area (TPSA) is 123 Å². The Balaban J connectivity index is 2.00. The number of sulfonamides is 1. The van der Waals surface area contributed by atoms with Crippen molar-refractivity contribution in [1.29, 1.82) is 10.5 Å². The van der Waals surface area contributed by atoms with E-state index in [1.165, 1.54) is 24.3 Å². The maximum absolute atomic E-state index is 12.2. The molecule has 0 aliphatic rings. The van der Waals surface area contributed by atoms with Crippen LogP contribution < -0.4 is 10.0 Å². The summed E-state index contributed by atoms with van der Waals surface area (Å²) in [5.41, 5.74) is 1.62. The number of benzene rings is 2. The molecular weight excluding hydrogens is 352 g/mol.